The van der Waals surface area contributed by atoms with Gasteiger partial charge in [0.2, 0.25) is 0 Å². The second kappa shape index (κ2) is 6.75. The largest absolute Gasteiger partial charge is 0.496 e. The van der Waals surface area contributed by atoms with E-state index in [1.54, 1.807) is 7.11 Å². The van der Waals surface area contributed by atoms with Crippen molar-refractivity contribution < 1.29 is 4.74 Å². The highest BCUT2D eigenvalue weighted by molar-refractivity contribution is 6.30. The van der Waals surface area contributed by atoms with Crippen LogP contribution in [-0.4, -0.2) is 7.11 Å². The zero-order chi connectivity index (χ0) is 14.5. The van der Waals surface area contributed by atoms with Gasteiger partial charge in [-0.25, -0.2) is 0 Å². The first kappa shape index (κ1) is 14.9. The number of methoxy groups -OCH3 is 1. The highest BCUT2D eigenvalue weighted by Crippen LogP contribution is 2.28. The Morgan fingerprint density at radius 1 is 1.25 bits per heavy atom. The molecule has 0 amide bonds. The minimum Gasteiger partial charge on any atom is -0.496 e. The summed E-state index contributed by atoms with van der Waals surface area (Å²) in [6.07, 6.45) is 0.747. The van der Waals surface area contributed by atoms with Gasteiger partial charge >= 0.3 is 0 Å². The third kappa shape index (κ3) is 3.51. The first-order chi connectivity index (χ1) is 9.63. The molecule has 20 heavy (non-hydrogen) atoms. The Bertz CT molecular complexity index is 586. The average molecular weight is 291 g/mol. The Hall–Kier alpha value is -1.55. The zero-order valence-electron chi connectivity index (χ0n) is 11.7. The molecule has 0 aliphatic rings. The summed E-state index contributed by atoms with van der Waals surface area (Å²) in [6.45, 7) is 2.04. The average Bonchev–Trinajstić information content (AvgIpc) is 2.45. The lowest BCUT2D eigenvalue weighted by Gasteiger charge is -2.19. The van der Waals surface area contributed by atoms with E-state index < -0.39 is 0 Å². The van der Waals surface area contributed by atoms with Crippen LogP contribution in [0.1, 0.15) is 22.7 Å². The molecule has 3 N–H and O–H groups in total. The molecule has 106 valence electrons. The number of hydrogen-bond donors (Lipinski definition) is 2. The molecule has 0 aliphatic carbocycles. The minimum atomic E-state index is -0.0241. The molecule has 0 radical (unpaired) electrons. The molecule has 0 aliphatic heterocycles. The molecule has 2 aromatic carbocycles. The Kier molecular flexibility index (Phi) is 5.01. The van der Waals surface area contributed by atoms with Crippen LogP contribution in [0.3, 0.4) is 0 Å². The smallest absolute Gasteiger partial charge is 0.123 e. The molecule has 0 saturated heterocycles. The number of hydrogen-bond acceptors (Lipinski definition) is 3. The van der Waals surface area contributed by atoms with Gasteiger partial charge in [0.1, 0.15) is 5.75 Å². The molecule has 2 aromatic rings. The summed E-state index contributed by atoms with van der Waals surface area (Å²) in [7, 11) is 1.67. The predicted molar refractivity (Wildman–Crippen MR) is 83.0 cm³/mol. The molecule has 3 nitrogen and oxygen atoms in total. The van der Waals surface area contributed by atoms with Crippen molar-refractivity contribution in [2.24, 2.45) is 5.84 Å². The number of halogens is 1. The van der Waals surface area contributed by atoms with Crippen molar-refractivity contribution in [3.8, 4) is 5.75 Å². The fraction of sp³-hybridized carbons (Fsp3) is 0.250. The minimum absolute atomic E-state index is 0.0241. The normalized spacial score (nSPS) is 12.2. The van der Waals surface area contributed by atoms with Crippen molar-refractivity contribution in [1.82, 2.24) is 5.43 Å². The lowest BCUT2D eigenvalue weighted by Crippen LogP contribution is -2.30. The van der Waals surface area contributed by atoms with Gasteiger partial charge in [-0.15, -0.1) is 0 Å². The van der Waals surface area contributed by atoms with Gasteiger partial charge in [-0.1, -0.05) is 35.9 Å². The molecule has 0 saturated carbocycles. The summed E-state index contributed by atoms with van der Waals surface area (Å²) < 4.78 is 5.45. The summed E-state index contributed by atoms with van der Waals surface area (Å²) in [5, 5.41) is 0.731. The summed E-state index contributed by atoms with van der Waals surface area (Å²) in [4.78, 5) is 0. The Morgan fingerprint density at radius 2 is 2.05 bits per heavy atom. The molecule has 2 rings (SSSR count). The van der Waals surface area contributed by atoms with E-state index in [0.717, 1.165) is 33.9 Å². The molecule has 1 atom stereocenters. The number of aryl methyl sites for hydroxylation is 1. The number of ether oxygens (including phenoxy) is 1. The quantitative estimate of drug-likeness (QED) is 0.655. The van der Waals surface area contributed by atoms with Gasteiger partial charge in [0.15, 0.2) is 0 Å². The summed E-state index contributed by atoms with van der Waals surface area (Å²) in [5.74, 6) is 6.56. The number of rotatable bonds is 5. The molecule has 0 bridgehead atoms. The zero-order valence-corrected chi connectivity index (χ0v) is 12.4. The molecular weight excluding hydrogens is 272 g/mol. The molecule has 0 heterocycles. The van der Waals surface area contributed by atoms with Crippen molar-refractivity contribution in [3.63, 3.8) is 0 Å². The van der Waals surface area contributed by atoms with Gasteiger partial charge in [-0.3, -0.25) is 11.3 Å². The van der Waals surface area contributed by atoms with Crippen molar-refractivity contribution in [2.75, 3.05) is 7.11 Å². The predicted octanol–water partition coefficient (Wildman–Crippen LogP) is 3.40. The molecule has 4 heteroatoms. The Morgan fingerprint density at radius 3 is 2.70 bits per heavy atom. The third-order valence-electron chi connectivity index (χ3n) is 3.29. The monoisotopic (exact) mass is 290 g/mol. The molecular formula is C16H19ClN2O. The van der Waals surface area contributed by atoms with Gasteiger partial charge < -0.3 is 4.74 Å². The van der Waals surface area contributed by atoms with E-state index >= 15 is 0 Å². The molecule has 0 fully saturated rings. The van der Waals surface area contributed by atoms with E-state index in [2.05, 4.69) is 11.5 Å². The fourth-order valence-electron chi connectivity index (χ4n) is 2.26. The molecule has 0 spiro atoms. The molecule has 1 unspecified atom stereocenters. The van der Waals surface area contributed by atoms with Crippen LogP contribution in [0, 0.1) is 6.92 Å². The second-order valence-corrected chi connectivity index (χ2v) is 5.24. The summed E-state index contributed by atoms with van der Waals surface area (Å²) in [5.41, 5.74) is 6.18. The Labute approximate surface area is 124 Å². The van der Waals surface area contributed by atoms with Crippen molar-refractivity contribution in [2.45, 2.75) is 19.4 Å². The van der Waals surface area contributed by atoms with E-state index in [4.69, 9.17) is 22.2 Å². The maximum atomic E-state index is 6.02. The van der Waals surface area contributed by atoms with E-state index in [1.165, 1.54) is 0 Å². The van der Waals surface area contributed by atoms with Crippen LogP contribution in [0.2, 0.25) is 5.02 Å². The Balaban J connectivity index is 2.28. The van der Waals surface area contributed by atoms with Gasteiger partial charge in [-0.2, -0.15) is 0 Å². The number of benzene rings is 2. The van der Waals surface area contributed by atoms with Crippen LogP contribution in [0.15, 0.2) is 42.5 Å². The van der Waals surface area contributed by atoms with Crippen LogP contribution in [0.25, 0.3) is 0 Å². The van der Waals surface area contributed by atoms with Crippen LogP contribution >= 0.6 is 11.6 Å². The first-order valence-electron chi connectivity index (χ1n) is 6.49. The maximum absolute atomic E-state index is 6.02. The number of nitrogens with two attached hydrogens (primary N) is 1. The van der Waals surface area contributed by atoms with Gasteiger partial charge in [-0.05, 0) is 42.7 Å². The highest BCUT2D eigenvalue weighted by atomic mass is 35.5. The summed E-state index contributed by atoms with van der Waals surface area (Å²) >= 11 is 6.02. The van der Waals surface area contributed by atoms with Crippen LogP contribution in [-0.2, 0) is 6.42 Å². The second-order valence-electron chi connectivity index (χ2n) is 4.80. The van der Waals surface area contributed by atoms with E-state index in [1.807, 2.05) is 43.3 Å². The van der Waals surface area contributed by atoms with Gasteiger partial charge in [0.05, 0.1) is 13.2 Å². The molecule has 0 aromatic heterocycles. The number of hydrazine groups is 1. The van der Waals surface area contributed by atoms with Crippen molar-refractivity contribution >= 4 is 11.6 Å². The lowest BCUT2D eigenvalue weighted by atomic mass is 9.97. The lowest BCUT2D eigenvalue weighted by molar-refractivity contribution is 0.398. The highest BCUT2D eigenvalue weighted by Gasteiger charge is 2.15. The van der Waals surface area contributed by atoms with E-state index in [9.17, 15) is 0 Å². The van der Waals surface area contributed by atoms with Crippen LogP contribution in [0.5, 0.6) is 5.75 Å². The SMILES string of the molecule is COc1cc(C)ccc1C(Cc1cccc(Cl)c1)NN. The topological polar surface area (TPSA) is 47.3 Å². The van der Waals surface area contributed by atoms with Crippen LogP contribution in [0.4, 0.5) is 0 Å². The summed E-state index contributed by atoms with van der Waals surface area (Å²) in [6, 6.07) is 13.9. The fourth-order valence-corrected chi connectivity index (χ4v) is 2.48. The van der Waals surface area contributed by atoms with Crippen molar-refractivity contribution in [3.05, 3.63) is 64.2 Å². The standard InChI is InChI=1S/C16H19ClN2O/c1-11-6-7-14(16(8-11)20-2)15(19-18)10-12-4-3-5-13(17)9-12/h3-9,15,19H,10,18H2,1-2H3. The van der Waals surface area contributed by atoms with E-state index in [-0.39, 0.29) is 6.04 Å². The maximum Gasteiger partial charge on any atom is 0.123 e. The van der Waals surface area contributed by atoms with Gasteiger partial charge in [0.25, 0.3) is 0 Å². The first-order valence-corrected chi connectivity index (χ1v) is 6.87. The number of nitrogens with one attached hydrogen (secondary N) is 1. The van der Waals surface area contributed by atoms with Crippen LogP contribution < -0.4 is 16.0 Å². The van der Waals surface area contributed by atoms with E-state index in [0.29, 0.717) is 0 Å². The van der Waals surface area contributed by atoms with Gasteiger partial charge in [0, 0.05) is 10.6 Å². The van der Waals surface area contributed by atoms with Crippen molar-refractivity contribution in [1.29, 1.82) is 0 Å². The third-order valence-corrected chi connectivity index (χ3v) is 3.53.